The summed E-state index contributed by atoms with van der Waals surface area (Å²) < 4.78 is 20.5. The molecule has 1 N–H and O–H groups in total. The van der Waals surface area contributed by atoms with Crippen molar-refractivity contribution in [3.05, 3.63) is 53.9 Å². The molecule has 1 amide bonds. The number of fused-ring (bicyclic) bond motifs is 1. The highest BCUT2D eigenvalue weighted by Gasteiger charge is 2.31. The molecular weight excluding hydrogens is 339 g/mol. The lowest BCUT2D eigenvalue weighted by molar-refractivity contribution is 0.0762. The second-order valence-corrected chi connectivity index (χ2v) is 5.99. The molecule has 3 aromatic rings. The van der Waals surface area contributed by atoms with Gasteiger partial charge < -0.3 is 4.74 Å². The Morgan fingerprint density at radius 3 is 3.12 bits per heavy atom. The lowest BCUT2D eigenvalue weighted by atomic mass is 10.1. The van der Waals surface area contributed by atoms with Gasteiger partial charge in [0, 0.05) is 24.5 Å². The van der Waals surface area contributed by atoms with Crippen molar-refractivity contribution >= 4 is 11.6 Å². The first-order chi connectivity index (χ1) is 12.7. The molecule has 8 nitrogen and oxygen atoms in total. The van der Waals surface area contributed by atoms with Crippen LogP contribution in [0.1, 0.15) is 34.8 Å². The highest BCUT2D eigenvalue weighted by Crippen LogP contribution is 2.35. The van der Waals surface area contributed by atoms with Gasteiger partial charge in [0.15, 0.2) is 5.65 Å². The smallest absolute Gasteiger partial charge is 0.271 e. The van der Waals surface area contributed by atoms with E-state index in [9.17, 15) is 9.18 Å². The molecule has 0 bridgehead atoms. The number of rotatable bonds is 4. The number of hydrogen-bond donors (Lipinski definition) is 1. The van der Waals surface area contributed by atoms with Crippen LogP contribution in [0.25, 0.3) is 5.65 Å². The van der Waals surface area contributed by atoms with Crippen LogP contribution in [0, 0.1) is 5.82 Å². The number of ether oxygens (including phenoxy) is 1. The maximum atomic E-state index is 13.7. The zero-order valence-corrected chi connectivity index (χ0v) is 14.1. The Hall–Kier alpha value is -3.07. The second kappa shape index (κ2) is 6.68. The van der Waals surface area contributed by atoms with Crippen molar-refractivity contribution in [1.29, 1.82) is 0 Å². The van der Waals surface area contributed by atoms with Gasteiger partial charge in [0.25, 0.3) is 5.91 Å². The predicted molar refractivity (Wildman–Crippen MR) is 89.9 cm³/mol. The molecule has 0 aliphatic carbocycles. The van der Waals surface area contributed by atoms with Crippen molar-refractivity contribution in [3.63, 3.8) is 0 Å². The van der Waals surface area contributed by atoms with Crippen LogP contribution in [0.2, 0.25) is 0 Å². The van der Waals surface area contributed by atoms with E-state index in [1.165, 1.54) is 23.9 Å². The van der Waals surface area contributed by atoms with Crippen LogP contribution < -0.4 is 10.2 Å². The number of amides is 1. The van der Waals surface area contributed by atoms with Gasteiger partial charge in [-0.2, -0.15) is 5.10 Å². The third-order valence-electron chi connectivity index (χ3n) is 4.42. The molecule has 4 rings (SSSR count). The fourth-order valence-corrected chi connectivity index (χ4v) is 3.25. The van der Waals surface area contributed by atoms with Gasteiger partial charge in [0.05, 0.1) is 25.5 Å². The molecule has 1 aliphatic heterocycles. The molecular formula is C17H17FN6O2. The number of halogens is 1. The number of hydrogen-bond acceptors (Lipinski definition) is 6. The molecule has 0 saturated carbocycles. The van der Waals surface area contributed by atoms with Crippen molar-refractivity contribution in [1.82, 2.24) is 30.0 Å². The summed E-state index contributed by atoms with van der Waals surface area (Å²) in [6.45, 7) is 0.642. The van der Waals surface area contributed by atoms with Gasteiger partial charge in [-0.05, 0) is 25.0 Å². The van der Waals surface area contributed by atoms with E-state index in [2.05, 4.69) is 20.5 Å². The predicted octanol–water partition coefficient (Wildman–Crippen LogP) is 1.75. The van der Waals surface area contributed by atoms with Crippen LogP contribution in [0.3, 0.4) is 0 Å². The van der Waals surface area contributed by atoms with Crippen molar-refractivity contribution in [2.24, 2.45) is 0 Å². The van der Waals surface area contributed by atoms with E-state index in [4.69, 9.17) is 4.74 Å². The largest absolute Gasteiger partial charge is 0.481 e. The van der Waals surface area contributed by atoms with E-state index in [0.29, 0.717) is 29.2 Å². The normalized spacial score (nSPS) is 17.5. The minimum Gasteiger partial charge on any atom is -0.481 e. The number of aromatic nitrogens is 4. The first-order valence-corrected chi connectivity index (χ1v) is 8.23. The fourth-order valence-electron chi connectivity index (χ4n) is 3.25. The van der Waals surface area contributed by atoms with Crippen molar-refractivity contribution in [2.75, 3.05) is 13.7 Å². The lowest BCUT2D eigenvalue weighted by Crippen LogP contribution is -2.41. The summed E-state index contributed by atoms with van der Waals surface area (Å²) in [5.41, 5.74) is 4.36. The Bertz CT molecular complexity index is 959. The SMILES string of the molecule is COc1ncc(F)cc1C1CCCN1NC(=O)c1cnn2cccnc12. The van der Waals surface area contributed by atoms with E-state index in [-0.39, 0.29) is 11.9 Å². The van der Waals surface area contributed by atoms with E-state index in [1.807, 2.05) is 0 Å². The van der Waals surface area contributed by atoms with Crippen LogP contribution in [0.15, 0.2) is 36.9 Å². The van der Waals surface area contributed by atoms with E-state index < -0.39 is 5.82 Å². The zero-order chi connectivity index (χ0) is 18.1. The van der Waals surface area contributed by atoms with Gasteiger partial charge in [-0.3, -0.25) is 10.2 Å². The molecule has 0 radical (unpaired) electrons. The Labute approximate surface area is 148 Å². The second-order valence-electron chi connectivity index (χ2n) is 5.99. The first-order valence-electron chi connectivity index (χ1n) is 8.23. The highest BCUT2D eigenvalue weighted by molar-refractivity contribution is 5.99. The maximum Gasteiger partial charge on any atom is 0.271 e. The Morgan fingerprint density at radius 2 is 2.27 bits per heavy atom. The molecule has 1 saturated heterocycles. The van der Waals surface area contributed by atoms with Gasteiger partial charge in [0.1, 0.15) is 11.4 Å². The third-order valence-corrected chi connectivity index (χ3v) is 4.42. The fraction of sp³-hybridized carbons (Fsp3) is 0.294. The monoisotopic (exact) mass is 356 g/mol. The van der Waals surface area contributed by atoms with Crippen molar-refractivity contribution < 1.29 is 13.9 Å². The lowest BCUT2D eigenvalue weighted by Gasteiger charge is -2.25. The topological polar surface area (TPSA) is 84.6 Å². The van der Waals surface area contributed by atoms with E-state index in [1.54, 1.807) is 23.5 Å². The summed E-state index contributed by atoms with van der Waals surface area (Å²) in [5, 5.41) is 5.91. The van der Waals surface area contributed by atoms with Gasteiger partial charge >= 0.3 is 0 Å². The van der Waals surface area contributed by atoms with Gasteiger partial charge in [-0.15, -0.1) is 0 Å². The number of methoxy groups -OCH3 is 1. The molecule has 26 heavy (non-hydrogen) atoms. The molecule has 0 aromatic carbocycles. The van der Waals surface area contributed by atoms with Gasteiger partial charge in [0.2, 0.25) is 5.88 Å². The number of pyridine rings is 1. The van der Waals surface area contributed by atoms with Gasteiger partial charge in [-0.1, -0.05) is 0 Å². The minimum atomic E-state index is -0.439. The Balaban J connectivity index is 1.60. The molecule has 134 valence electrons. The minimum absolute atomic E-state index is 0.216. The number of hydrazine groups is 1. The molecule has 4 heterocycles. The van der Waals surface area contributed by atoms with Gasteiger partial charge in [-0.25, -0.2) is 23.9 Å². The first kappa shape index (κ1) is 16.4. The summed E-state index contributed by atoms with van der Waals surface area (Å²) in [6.07, 6.45) is 7.54. The molecule has 0 spiro atoms. The third kappa shape index (κ3) is 2.86. The van der Waals surface area contributed by atoms with Crippen LogP contribution >= 0.6 is 0 Å². The van der Waals surface area contributed by atoms with Crippen molar-refractivity contribution in [2.45, 2.75) is 18.9 Å². The number of carbonyl (C=O) groups excluding carboxylic acids is 1. The standard InChI is InChI=1S/C17H17FN6O2/c1-26-17-12(8-11(18)9-20-17)14-4-2-6-23(14)22-16(25)13-10-21-24-7-3-5-19-15(13)24/h3,5,7-10,14H,2,4,6H2,1H3,(H,22,25). The van der Waals surface area contributed by atoms with E-state index >= 15 is 0 Å². The summed E-state index contributed by atoms with van der Waals surface area (Å²) >= 11 is 0. The molecule has 3 aromatic heterocycles. The number of carbonyl (C=O) groups is 1. The van der Waals surface area contributed by atoms with Crippen LogP contribution in [0.4, 0.5) is 4.39 Å². The van der Waals surface area contributed by atoms with Crippen molar-refractivity contribution in [3.8, 4) is 5.88 Å². The molecule has 1 atom stereocenters. The molecule has 9 heteroatoms. The molecule has 1 aliphatic rings. The molecule has 1 unspecified atom stereocenters. The van der Waals surface area contributed by atoms with Crippen LogP contribution in [-0.4, -0.2) is 44.2 Å². The quantitative estimate of drug-likeness (QED) is 0.767. The Morgan fingerprint density at radius 1 is 1.38 bits per heavy atom. The maximum absolute atomic E-state index is 13.7. The number of nitrogens with one attached hydrogen (secondary N) is 1. The Kier molecular flexibility index (Phi) is 4.21. The number of nitrogens with zero attached hydrogens (tertiary/aromatic N) is 5. The summed E-state index contributed by atoms with van der Waals surface area (Å²) in [6, 6.07) is 2.92. The summed E-state index contributed by atoms with van der Waals surface area (Å²) in [4.78, 5) is 20.9. The average molecular weight is 356 g/mol. The summed E-state index contributed by atoms with van der Waals surface area (Å²) in [5.74, 6) is -0.394. The summed E-state index contributed by atoms with van der Waals surface area (Å²) in [7, 11) is 1.49. The highest BCUT2D eigenvalue weighted by atomic mass is 19.1. The van der Waals surface area contributed by atoms with Crippen LogP contribution in [0.5, 0.6) is 5.88 Å². The molecule has 1 fully saturated rings. The average Bonchev–Trinajstić information content (AvgIpc) is 3.28. The zero-order valence-electron chi connectivity index (χ0n) is 14.1. The van der Waals surface area contributed by atoms with Crippen LogP contribution in [-0.2, 0) is 0 Å². The van der Waals surface area contributed by atoms with E-state index in [0.717, 1.165) is 19.0 Å².